The minimum atomic E-state index is -5.90. The zero-order valence-corrected chi connectivity index (χ0v) is 13.9. The van der Waals surface area contributed by atoms with Gasteiger partial charge in [0.1, 0.15) is 0 Å². The van der Waals surface area contributed by atoms with Gasteiger partial charge in [-0.25, -0.2) is 4.79 Å². The molecule has 1 N–H and O–H groups in total. The van der Waals surface area contributed by atoms with Gasteiger partial charge in [-0.3, -0.25) is 4.79 Å². The SMILES string of the molecule is CCOC(=O)/C=C/c1ccc(OS(=O)(=O)C(F)(F)F)c(NC(C)=O)c1. The van der Waals surface area contributed by atoms with Crippen molar-refractivity contribution in [3.8, 4) is 5.75 Å². The predicted molar refractivity (Wildman–Crippen MR) is 82.0 cm³/mol. The lowest BCUT2D eigenvalue weighted by Gasteiger charge is -2.13. The maximum absolute atomic E-state index is 12.4. The molecule has 0 atom stereocenters. The number of alkyl halides is 3. The highest BCUT2D eigenvalue weighted by Gasteiger charge is 2.48. The van der Waals surface area contributed by atoms with Gasteiger partial charge in [0.15, 0.2) is 5.75 Å². The molecular weight excluding hydrogens is 367 g/mol. The smallest absolute Gasteiger partial charge is 0.463 e. The summed E-state index contributed by atoms with van der Waals surface area (Å²) in [5.41, 5.74) is -5.65. The number of benzene rings is 1. The highest BCUT2D eigenvalue weighted by molar-refractivity contribution is 7.88. The summed E-state index contributed by atoms with van der Waals surface area (Å²) >= 11 is 0. The fourth-order valence-electron chi connectivity index (χ4n) is 1.53. The Hall–Kier alpha value is -2.56. The number of ether oxygens (including phenoxy) is 1. The summed E-state index contributed by atoms with van der Waals surface area (Å²) in [7, 11) is -5.90. The summed E-state index contributed by atoms with van der Waals surface area (Å²) < 4.78 is 68.1. The summed E-state index contributed by atoms with van der Waals surface area (Å²) in [6, 6.07) is 3.25. The van der Waals surface area contributed by atoms with Crippen molar-refractivity contribution in [3.63, 3.8) is 0 Å². The van der Waals surface area contributed by atoms with Crippen molar-refractivity contribution in [2.75, 3.05) is 11.9 Å². The van der Waals surface area contributed by atoms with Gasteiger partial charge in [0, 0.05) is 13.0 Å². The van der Waals surface area contributed by atoms with Crippen molar-refractivity contribution >= 4 is 33.8 Å². The second kappa shape index (κ2) is 8.01. The van der Waals surface area contributed by atoms with Crippen molar-refractivity contribution in [3.05, 3.63) is 29.8 Å². The van der Waals surface area contributed by atoms with Gasteiger partial charge in [-0.1, -0.05) is 6.07 Å². The average Bonchev–Trinajstić information content (AvgIpc) is 2.46. The number of anilines is 1. The van der Waals surface area contributed by atoms with Crippen LogP contribution in [-0.2, 0) is 24.4 Å². The van der Waals surface area contributed by atoms with E-state index in [9.17, 15) is 31.2 Å². The molecule has 1 rings (SSSR count). The van der Waals surface area contributed by atoms with Crippen LogP contribution >= 0.6 is 0 Å². The van der Waals surface area contributed by atoms with E-state index in [1.807, 2.05) is 0 Å². The quantitative estimate of drug-likeness (QED) is 0.352. The van der Waals surface area contributed by atoms with Crippen LogP contribution in [0.4, 0.5) is 18.9 Å². The Morgan fingerprint density at radius 1 is 1.28 bits per heavy atom. The third-order valence-corrected chi connectivity index (χ3v) is 3.46. The highest BCUT2D eigenvalue weighted by Crippen LogP contribution is 2.32. The first-order valence-corrected chi connectivity index (χ1v) is 8.14. The van der Waals surface area contributed by atoms with Crippen LogP contribution in [0.15, 0.2) is 24.3 Å². The normalized spacial score (nSPS) is 12.0. The number of nitrogens with one attached hydrogen (secondary N) is 1. The molecule has 0 unspecified atom stereocenters. The topological polar surface area (TPSA) is 98.8 Å². The predicted octanol–water partition coefficient (Wildman–Crippen LogP) is 2.45. The molecule has 7 nitrogen and oxygen atoms in total. The number of hydrogen-bond donors (Lipinski definition) is 1. The molecule has 1 amide bonds. The monoisotopic (exact) mass is 381 g/mol. The molecule has 0 saturated carbocycles. The Bertz CT molecular complexity index is 786. The summed E-state index contributed by atoms with van der Waals surface area (Å²) in [5, 5.41) is 2.15. The summed E-state index contributed by atoms with van der Waals surface area (Å²) in [6.07, 6.45) is 2.33. The Balaban J connectivity index is 3.19. The fraction of sp³-hybridized carbons (Fsp3) is 0.286. The van der Waals surface area contributed by atoms with Gasteiger partial charge in [-0.15, -0.1) is 0 Å². The molecule has 0 heterocycles. The number of amides is 1. The molecule has 11 heteroatoms. The van der Waals surface area contributed by atoms with Gasteiger partial charge in [0.05, 0.1) is 12.3 Å². The maximum Gasteiger partial charge on any atom is 0.534 e. The lowest BCUT2D eigenvalue weighted by molar-refractivity contribution is -0.137. The first kappa shape index (κ1) is 20.5. The van der Waals surface area contributed by atoms with E-state index >= 15 is 0 Å². The van der Waals surface area contributed by atoms with Gasteiger partial charge < -0.3 is 14.2 Å². The number of esters is 1. The number of halogens is 3. The van der Waals surface area contributed by atoms with Crippen LogP contribution in [0.2, 0.25) is 0 Å². The Kier molecular flexibility index (Phi) is 6.56. The van der Waals surface area contributed by atoms with Crippen LogP contribution in [0.1, 0.15) is 19.4 Å². The minimum Gasteiger partial charge on any atom is -0.463 e. The molecule has 0 spiro atoms. The second-order valence-corrected chi connectivity index (χ2v) is 6.04. The van der Waals surface area contributed by atoms with E-state index in [4.69, 9.17) is 0 Å². The van der Waals surface area contributed by atoms with Crippen LogP contribution in [0.3, 0.4) is 0 Å². The molecule has 0 aromatic heterocycles. The number of carbonyl (C=O) groups is 2. The van der Waals surface area contributed by atoms with Gasteiger partial charge >= 0.3 is 21.6 Å². The lowest BCUT2D eigenvalue weighted by Crippen LogP contribution is -2.28. The molecule has 0 fully saturated rings. The van der Waals surface area contributed by atoms with Gasteiger partial charge in [-0.05, 0) is 30.7 Å². The van der Waals surface area contributed by atoms with Gasteiger partial charge in [-0.2, -0.15) is 21.6 Å². The molecule has 0 aliphatic rings. The molecule has 138 valence electrons. The Morgan fingerprint density at radius 3 is 2.44 bits per heavy atom. The molecule has 1 aromatic rings. The van der Waals surface area contributed by atoms with E-state index in [0.29, 0.717) is 0 Å². The second-order valence-electron chi connectivity index (χ2n) is 4.51. The Labute approximate surface area is 141 Å². The molecule has 0 bridgehead atoms. The van der Waals surface area contributed by atoms with E-state index in [1.165, 1.54) is 12.1 Å². The van der Waals surface area contributed by atoms with E-state index in [-0.39, 0.29) is 17.9 Å². The first-order valence-electron chi connectivity index (χ1n) is 6.73. The third-order valence-electron chi connectivity index (χ3n) is 2.50. The molecule has 0 saturated heterocycles. The van der Waals surface area contributed by atoms with E-state index < -0.39 is 33.3 Å². The standard InChI is InChI=1S/C14H14F3NO6S/c1-3-23-13(20)7-5-10-4-6-12(11(8-10)18-9(2)19)24-25(21,22)14(15,16)17/h4-8H,3H2,1-2H3,(H,18,19)/b7-5+. The van der Waals surface area contributed by atoms with Gasteiger partial charge in [0.2, 0.25) is 5.91 Å². The number of hydrogen-bond acceptors (Lipinski definition) is 6. The van der Waals surface area contributed by atoms with Crippen molar-refractivity contribution in [1.29, 1.82) is 0 Å². The Morgan fingerprint density at radius 2 is 1.92 bits per heavy atom. The minimum absolute atomic E-state index is 0.155. The first-order chi connectivity index (χ1) is 11.5. The van der Waals surface area contributed by atoms with Crippen LogP contribution in [0, 0.1) is 0 Å². The molecular formula is C14H14F3NO6S. The number of rotatable bonds is 6. The van der Waals surface area contributed by atoms with Crippen LogP contribution in [0.25, 0.3) is 6.08 Å². The molecule has 0 radical (unpaired) electrons. The fourth-order valence-corrected chi connectivity index (χ4v) is 2.01. The van der Waals surface area contributed by atoms with Crippen LogP contribution in [-0.4, -0.2) is 32.4 Å². The number of carbonyl (C=O) groups excluding carboxylic acids is 2. The van der Waals surface area contributed by atoms with Gasteiger partial charge in [0.25, 0.3) is 0 Å². The lowest BCUT2D eigenvalue weighted by atomic mass is 10.1. The third kappa shape index (κ3) is 6.10. The molecule has 0 aliphatic heterocycles. The van der Waals surface area contributed by atoms with Crippen molar-refractivity contribution in [2.24, 2.45) is 0 Å². The van der Waals surface area contributed by atoms with Crippen LogP contribution in [0.5, 0.6) is 5.75 Å². The molecule has 1 aromatic carbocycles. The summed E-state index contributed by atoms with van der Waals surface area (Å²) in [5.74, 6) is -2.04. The zero-order chi connectivity index (χ0) is 19.3. The van der Waals surface area contributed by atoms with Crippen molar-refractivity contribution in [2.45, 2.75) is 19.4 Å². The average molecular weight is 381 g/mol. The van der Waals surface area contributed by atoms with E-state index in [0.717, 1.165) is 25.1 Å². The zero-order valence-electron chi connectivity index (χ0n) is 13.1. The van der Waals surface area contributed by atoms with Crippen LogP contribution < -0.4 is 9.50 Å². The van der Waals surface area contributed by atoms with Crippen molar-refractivity contribution < 1.29 is 40.1 Å². The largest absolute Gasteiger partial charge is 0.534 e. The highest BCUT2D eigenvalue weighted by atomic mass is 32.2. The van der Waals surface area contributed by atoms with E-state index in [1.54, 1.807) is 6.92 Å². The summed E-state index contributed by atoms with van der Waals surface area (Å²) in [6.45, 7) is 2.83. The van der Waals surface area contributed by atoms with Crippen molar-refractivity contribution in [1.82, 2.24) is 0 Å². The molecule has 0 aliphatic carbocycles. The summed E-state index contributed by atoms with van der Waals surface area (Å²) in [4.78, 5) is 22.4. The van der Waals surface area contributed by atoms with E-state index in [2.05, 4.69) is 14.2 Å². The molecule has 25 heavy (non-hydrogen) atoms. The maximum atomic E-state index is 12.4.